The smallest absolute Gasteiger partial charge is 0.129 e. The summed E-state index contributed by atoms with van der Waals surface area (Å²) in [7, 11) is 0. The quantitative estimate of drug-likeness (QED) is 0.842. The fourth-order valence-electron chi connectivity index (χ4n) is 4.04. The van der Waals surface area contributed by atoms with Crippen molar-refractivity contribution < 1.29 is 9.50 Å². The molecule has 0 amide bonds. The highest BCUT2D eigenvalue weighted by atomic mass is 19.1. The number of aryl methyl sites for hydroxylation is 2. The molecule has 0 radical (unpaired) electrons. The molecule has 2 aliphatic rings. The molecule has 2 fully saturated rings. The molecule has 2 atom stereocenters. The molecule has 19 heavy (non-hydrogen) atoms. The zero-order valence-electron chi connectivity index (χ0n) is 11.7. The predicted molar refractivity (Wildman–Crippen MR) is 73.6 cm³/mol. The van der Waals surface area contributed by atoms with Gasteiger partial charge in [0.1, 0.15) is 11.4 Å². The van der Waals surface area contributed by atoms with E-state index in [1.165, 1.54) is 6.42 Å². The molecule has 3 rings (SSSR count). The van der Waals surface area contributed by atoms with Crippen LogP contribution in [0.3, 0.4) is 0 Å². The Morgan fingerprint density at radius 1 is 1.26 bits per heavy atom. The van der Waals surface area contributed by atoms with Crippen molar-refractivity contribution in [2.75, 3.05) is 13.1 Å². The van der Waals surface area contributed by atoms with E-state index in [9.17, 15) is 9.50 Å². The van der Waals surface area contributed by atoms with Crippen LogP contribution in [-0.4, -0.2) is 29.1 Å². The van der Waals surface area contributed by atoms with Crippen molar-refractivity contribution in [3.8, 4) is 0 Å². The molecule has 2 saturated heterocycles. The van der Waals surface area contributed by atoms with Crippen molar-refractivity contribution in [1.82, 2.24) is 4.90 Å². The second-order valence-corrected chi connectivity index (χ2v) is 6.16. The molecule has 0 spiro atoms. The summed E-state index contributed by atoms with van der Waals surface area (Å²) in [5, 5.41) is 11.1. The first-order valence-corrected chi connectivity index (χ1v) is 7.26. The minimum Gasteiger partial charge on any atom is -0.383 e. The number of aliphatic hydroxyl groups is 1. The maximum atomic E-state index is 14.4. The lowest BCUT2D eigenvalue weighted by atomic mass is 9.80. The van der Waals surface area contributed by atoms with Crippen LogP contribution in [0.1, 0.15) is 42.4 Å². The fourth-order valence-corrected chi connectivity index (χ4v) is 4.04. The highest BCUT2D eigenvalue weighted by molar-refractivity contribution is 5.38. The molecule has 2 nitrogen and oxygen atoms in total. The van der Waals surface area contributed by atoms with Crippen LogP contribution in [0, 0.1) is 19.7 Å². The van der Waals surface area contributed by atoms with Gasteiger partial charge in [0.25, 0.3) is 0 Å². The Balaban J connectivity index is 2.05. The zero-order chi connectivity index (χ0) is 13.6. The Morgan fingerprint density at radius 3 is 2.79 bits per heavy atom. The van der Waals surface area contributed by atoms with Crippen molar-refractivity contribution in [3.63, 3.8) is 0 Å². The molecule has 1 aromatic carbocycles. The molecular formula is C16H22FNO. The molecule has 1 aromatic rings. The Kier molecular flexibility index (Phi) is 3.14. The van der Waals surface area contributed by atoms with Crippen molar-refractivity contribution >= 4 is 0 Å². The van der Waals surface area contributed by atoms with Crippen molar-refractivity contribution in [2.45, 2.75) is 51.2 Å². The van der Waals surface area contributed by atoms with E-state index in [4.69, 9.17) is 0 Å². The third kappa shape index (κ3) is 2.00. The largest absolute Gasteiger partial charge is 0.383 e. The van der Waals surface area contributed by atoms with Gasteiger partial charge in [-0.25, -0.2) is 4.39 Å². The number of piperidine rings is 1. The summed E-state index contributed by atoms with van der Waals surface area (Å²) in [5.74, 6) is -0.243. The lowest BCUT2D eigenvalue weighted by Crippen LogP contribution is -2.46. The molecule has 2 heterocycles. The average Bonchev–Trinajstić information content (AvgIpc) is 2.67. The van der Waals surface area contributed by atoms with E-state index in [0.29, 0.717) is 12.0 Å². The van der Waals surface area contributed by atoms with E-state index >= 15 is 0 Å². The minimum atomic E-state index is -0.998. The molecule has 2 unspecified atom stereocenters. The Morgan fingerprint density at radius 2 is 2.05 bits per heavy atom. The van der Waals surface area contributed by atoms with Gasteiger partial charge in [0.15, 0.2) is 0 Å². The third-order valence-corrected chi connectivity index (χ3v) is 4.81. The molecule has 3 heteroatoms. The van der Waals surface area contributed by atoms with Gasteiger partial charge in [-0.2, -0.15) is 0 Å². The maximum Gasteiger partial charge on any atom is 0.129 e. The first-order chi connectivity index (χ1) is 9.02. The van der Waals surface area contributed by atoms with Gasteiger partial charge in [-0.1, -0.05) is 12.5 Å². The summed E-state index contributed by atoms with van der Waals surface area (Å²) < 4.78 is 14.4. The van der Waals surface area contributed by atoms with Crippen LogP contribution in [0.4, 0.5) is 4.39 Å². The van der Waals surface area contributed by atoms with Crippen molar-refractivity contribution in [2.24, 2.45) is 0 Å². The molecule has 0 aromatic heterocycles. The minimum absolute atomic E-state index is 0.0946. The van der Waals surface area contributed by atoms with Gasteiger partial charge in [0.05, 0.1) is 0 Å². The zero-order valence-corrected chi connectivity index (χ0v) is 11.7. The van der Waals surface area contributed by atoms with E-state index in [-0.39, 0.29) is 11.9 Å². The number of hydrogen-bond donors (Lipinski definition) is 1. The average molecular weight is 263 g/mol. The summed E-state index contributed by atoms with van der Waals surface area (Å²) in [6.45, 7) is 5.73. The van der Waals surface area contributed by atoms with E-state index in [0.717, 1.165) is 37.1 Å². The highest BCUT2D eigenvalue weighted by Gasteiger charge is 2.49. The number of benzene rings is 1. The lowest BCUT2D eigenvalue weighted by Gasteiger charge is -2.38. The van der Waals surface area contributed by atoms with Gasteiger partial charge >= 0.3 is 0 Å². The normalized spacial score (nSPS) is 31.5. The molecule has 1 N–H and O–H groups in total. The number of rotatable bonds is 1. The van der Waals surface area contributed by atoms with E-state index in [2.05, 4.69) is 4.90 Å². The standard InChI is InChI=1S/C16H22FNO/c1-11-9-12(2)15(13(17)10-11)16(19)6-8-18-7-4-3-5-14(16)18/h9-10,14,19H,3-8H2,1-2H3. The van der Waals surface area contributed by atoms with Gasteiger partial charge in [0.2, 0.25) is 0 Å². The number of halogens is 1. The first kappa shape index (κ1) is 13.1. The fraction of sp³-hybridized carbons (Fsp3) is 0.625. The van der Waals surface area contributed by atoms with Gasteiger partial charge in [-0.05, 0) is 56.8 Å². The summed E-state index contributed by atoms with van der Waals surface area (Å²) in [5.41, 5.74) is 1.34. The van der Waals surface area contributed by atoms with E-state index in [1.807, 2.05) is 19.9 Å². The third-order valence-electron chi connectivity index (χ3n) is 4.81. The molecule has 2 aliphatic heterocycles. The topological polar surface area (TPSA) is 23.5 Å². The number of hydrogen-bond acceptors (Lipinski definition) is 2. The van der Waals surface area contributed by atoms with Gasteiger partial charge in [0, 0.05) is 18.2 Å². The molecule has 0 aliphatic carbocycles. The Hall–Kier alpha value is -0.930. The summed E-state index contributed by atoms with van der Waals surface area (Å²) in [4.78, 5) is 2.34. The van der Waals surface area contributed by atoms with Crippen LogP contribution >= 0.6 is 0 Å². The second-order valence-electron chi connectivity index (χ2n) is 6.16. The highest BCUT2D eigenvalue weighted by Crippen LogP contribution is 2.44. The van der Waals surface area contributed by atoms with Gasteiger partial charge in [-0.15, -0.1) is 0 Å². The lowest BCUT2D eigenvalue weighted by molar-refractivity contribution is -0.0169. The van der Waals surface area contributed by atoms with Crippen molar-refractivity contribution in [3.05, 3.63) is 34.6 Å². The summed E-state index contributed by atoms with van der Waals surface area (Å²) in [6.07, 6.45) is 3.96. The van der Waals surface area contributed by atoms with E-state index < -0.39 is 5.60 Å². The SMILES string of the molecule is Cc1cc(C)c(C2(O)CCN3CCCCC32)c(F)c1. The van der Waals surface area contributed by atoms with Crippen LogP contribution in [0.25, 0.3) is 0 Å². The van der Waals surface area contributed by atoms with Gasteiger partial charge in [-0.3, -0.25) is 4.90 Å². The monoisotopic (exact) mass is 263 g/mol. The van der Waals surface area contributed by atoms with Crippen LogP contribution in [0.15, 0.2) is 12.1 Å². The summed E-state index contributed by atoms with van der Waals surface area (Å²) in [6, 6.07) is 3.62. The van der Waals surface area contributed by atoms with Crippen LogP contribution in [0.5, 0.6) is 0 Å². The summed E-state index contributed by atoms with van der Waals surface area (Å²) >= 11 is 0. The van der Waals surface area contributed by atoms with Crippen LogP contribution < -0.4 is 0 Å². The molecule has 104 valence electrons. The Bertz CT molecular complexity index is 479. The first-order valence-electron chi connectivity index (χ1n) is 7.26. The maximum absolute atomic E-state index is 14.4. The molecule has 0 saturated carbocycles. The Labute approximate surface area is 114 Å². The number of nitrogens with zero attached hydrogens (tertiary/aromatic N) is 1. The predicted octanol–water partition coefficient (Wildman–Crippen LogP) is 2.89. The van der Waals surface area contributed by atoms with E-state index in [1.54, 1.807) is 6.07 Å². The molecule has 0 bridgehead atoms. The number of fused-ring (bicyclic) bond motifs is 1. The van der Waals surface area contributed by atoms with Crippen LogP contribution in [-0.2, 0) is 5.60 Å². The van der Waals surface area contributed by atoms with Gasteiger partial charge < -0.3 is 5.11 Å². The second kappa shape index (κ2) is 4.57. The van der Waals surface area contributed by atoms with Crippen molar-refractivity contribution in [1.29, 1.82) is 0 Å². The molecular weight excluding hydrogens is 241 g/mol. The van der Waals surface area contributed by atoms with Crippen LogP contribution in [0.2, 0.25) is 0 Å².